The number of carbonyl (C=O) groups is 1. The highest BCUT2D eigenvalue weighted by Crippen LogP contribution is 2.13. The molecule has 2 aromatic carbocycles. The molecular formula is C25H35N5O. The third-order valence-corrected chi connectivity index (χ3v) is 5.60. The largest absolute Gasteiger partial charge is 0.356 e. The molecule has 31 heavy (non-hydrogen) atoms. The van der Waals surface area contributed by atoms with Crippen LogP contribution in [0.1, 0.15) is 39.9 Å². The van der Waals surface area contributed by atoms with Crippen molar-refractivity contribution in [2.45, 2.75) is 32.4 Å². The lowest BCUT2D eigenvalue weighted by Crippen LogP contribution is -2.37. The van der Waals surface area contributed by atoms with E-state index in [2.05, 4.69) is 44.8 Å². The summed E-state index contributed by atoms with van der Waals surface area (Å²) in [5.41, 5.74) is 4.47. The third-order valence-electron chi connectivity index (χ3n) is 5.60. The smallest absolute Gasteiger partial charge is 0.253 e. The van der Waals surface area contributed by atoms with E-state index in [1.54, 1.807) is 26.0 Å². The van der Waals surface area contributed by atoms with Crippen molar-refractivity contribution >= 4 is 11.9 Å². The number of hydrogen-bond acceptors (Lipinski definition) is 3. The van der Waals surface area contributed by atoms with Crippen molar-refractivity contribution in [1.82, 2.24) is 20.4 Å². The second kappa shape index (κ2) is 11.5. The summed E-state index contributed by atoms with van der Waals surface area (Å²) in [6, 6.07) is 16.7. The molecule has 1 saturated heterocycles. The van der Waals surface area contributed by atoms with Gasteiger partial charge in [-0.25, -0.2) is 0 Å². The molecule has 6 nitrogen and oxygen atoms in total. The molecular weight excluding hydrogens is 386 g/mol. The third kappa shape index (κ3) is 7.10. The first kappa shape index (κ1) is 22.8. The Hall–Kier alpha value is -2.86. The van der Waals surface area contributed by atoms with Crippen LogP contribution in [0.4, 0.5) is 0 Å². The van der Waals surface area contributed by atoms with Crippen LogP contribution in [0, 0.1) is 0 Å². The summed E-state index contributed by atoms with van der Waals surface area (Å²) in [5, 5.41) is 6.73. The molecule has 0 saturated carbocycles. The van der Waals surface area contributed by atoms with Crippen LogP contribution >= 0.6 is 0 Å². The lowest BCUT2D eigenvalue weighted by molar-refractivity contribution is 0.0827. The van der Waals surface area contributed by atoms with Gasteiger partial charge in [0.15, 0.2) is 5.96 Å². The highest BCUT2D eigenvalue weighted by Gasteiger charge is 2.11. The van der Waals surface area contributed by atoms with Gasteiger partial charge < -0.3 is 15.5 Å². The first-order valence-corrected chi connectivity index (χ1v) is 11.1. The average molecular weight is 422 g/mol. The molecule has 1 aliphatic rings. The van der Waals surface area contributed by atoms with Crippen LogP contribution in [0.15, 0.2) is 53.5 Å². The Kier molecular flexibility index (Phi) is 8.47. The van der Waals surface area contributed by atoms with E-state index in [1.165, 1.54) is 37.1 Å². The molecule has 0 aromatic heterocycles. The molecule has 0 bridgehead atoms. The summed E-state index contributed by atoms with van der Waals surface area (Å²) in [6.07, 6.45) is 3.47. The molecule has 0 aliphatic carbocycles. The number of likely N-dealkylation sites (tertiary alicyclic amines) is 1. The van der Waals surface area contributed by atoms with Crippen molar-refractivity contribution in [3.05, 3.63) is 70.8 Å². The number of amides is 1. The van der Waals surface area contributed by atoms with Gasteiger partial charge in [-0.1, -0.05) is 36.4 Å². The predicted octanol–water partition coefficient (Wildman–Crippen LogP) is 2.89. The number of carbonyl (C=O) groups excluding carboxylic acids is 1. The Morgan fingerprint density at radius 1 is 1.00 bits per heavy atom. The van der Waals surface area contributed by atoms with E-state index in [0.717, 1.165) is 43.1 Å². The number of nitrogens with zero attached hydrogens (tertiary/aromatic N) is 3. The van der Waals surface area contributed by atoms with E-state index in [9.17, 15) is 4.79 Å². The minimum Gasteiger partial charge on any atom is -0.356 e. The van der Waals surface area contributed by atoms with Gasteiger partial charge in [0.25, 0.3) is 5.91 Å². The average Bonchev–Trinajstić information content (AvgIpc) is 3.29. The fraction of sp³-hybridized carbons (Fsp3) is 0.440. The molecule has 2 aromatic rings. The van der Waals surface area contributed by atoms with Crippen molar-refractivity contribution in [2.24, 2.45) is 4.99 Å². The van der Waals surface area contributed by atoms with Crippen molar-refractivity contribution in [3.8, 4) is 0 Å². The van der Waals surface area contributed by atoms with Gasteiger partial charge in [-0.05, 0) is 61.2 Å². The number of hydrogen-bond donors (Lipinski definition) is 2. The predicted molar refractivity (Wildman–Crippen MR) is 127 cm³/mol. The summed E-state index contributed by atoms with van der Waals surface area (Å²) in [7, 11) is 5.32. The summed E-state index contributed by atoms with van der Waals surface area (Å²) >= 11 is 0. The van der Waals surface area contributed by atoms with E-state index in [0.29, 0.717) is 0 Å². The van der Waals surface area contributed by atoms with Crippen LogP contribution in [0.5, 0.6) is 0 Å². The van der Waals surface area contributed by atoms with Crippen molar-refractivity contribution in [2.75, 3.05) is 40.8 Å². The van der Waals surface area contributed by atoms with E-state index in [1.807, 2.05) is 24.3 Å². The molecule has 0 spiro atoms. The molecule has 0 unspecified atom stereocenters. The number of rotatable bonds is 8. The maximum atomic E-state index is 12.1. The van der Waals surface area contributed by atoms with Gasteiger partial charge in [-0.3, -0.25) is 14.7 Å². The van der Waals surface area contributed by atoms with Gasteiger partial charge in [-0.15, -0.1) is 0 Å². The zero-order valence-electron chi connectivity index (χ0n) is 19.0. The molecule has 1 aliphatic heterocycles. The summed E-state index contributed by atoms with van der Waals surface area (Å²) < 4.78 is 0. The monoisotopic (exact) mass is 421 g/mol. The molecule has 1 heterocycles. The SMILES string of the molecule is CN=C(NCCc1cccc(C(=O)N(C)C)c1)NCc1ccc(CN2CCCC2)cc1. The highest BCUT2D eigenvalue weighted by molar-refractivity contribution is 5.94. The summed E-state index contributed by atoms with van der Waals surface area (Å²) in [4.78, 5) is 20.6. The van der Waals surface area contributed by atoms with Gasteiger partial charge >= 0.3 is 0 Å². The van der Waals surface area contributed by atoms with Gasteiger partial charge in [0.1, 0.15) is 0 Å². The minimum absolute atomic E-state index is 0.0266. The van der Waals surface area contributed by atoms with Crippen LogP contribution in [-0.2, 0) is 19.5 Å². The first-order chi connectivity index (χ1) is 15.0. The minimum atomic E-state index is 0.0266. The van der Waals surface area contributed by atoms with E-state index in [4.69, 9.17) is 0 Å². The summed E-state index contributed by atoms with van der Waals surface area (Å²) in [6.45, 7) is 4.98. The normalized spacial score (nSPS) is 14.5. The van der Waals surface area contributed by atoms with Crippen molar-refractivity contribution in [1.29, 1.82) is 0 Å². The Balaban J connectivity index is 1.42. The zero-order valence-corrected chi connectivity index (χ0v) is 19.0. The lowest BCUT2D eigenvalue weighted by Gasteiger charge is -2.15. The van der Waals surface area contributed by atoms with Gasteiger partial charge in [0.2, 0.25) is 0 Å². The van der Waals surface area contributed by atoms with Crippen LogP contribution in [0.25, 0.3) is 0 Å². The van der Waals surface area contributed by atoms with Crippen LogP contribution in [-0.4, -0.2) is 62.4 Å². The van der Waals surface area contributed by atoms with Crippen molar-refractivity contribution < 1.29 is 4.79 Å². The van der Waals surface area contributed by atoms with E-state index < -0.39 is 0 Å². The van der Waals surface area contributed by atoms with Crippen LogP contribution in [0.3, 0.4) is 0 Å². The summed E-state index contributed by atoms with van der Waals surface area (Å²) in [5.74, 6) is 0.806. The zero-order chi connectivity index (χ0) is 22.1. The lowest BCUT2D eigenvalue weighted by atomic mass is 10.1. The van der Waals surface area contributed by atoms with Crippen LogP contribution < -0.4 is 10.6 Å². The highest BCUT2D eigenvalue weighted by atomic mass is 16.2. The maximum Gasteiger partial charge on any atom is 0.253 e. The second-order valence-corrected chi connectivity index (χ2v) is 8.30. The maximum absolute atomic E-state index is 12.1. The Morgan fingerprint density at radius 3 is 2.39 bits per heavy atom. The number of nitrogens with one attached hydrogen (secondary N) is 2. The Bertz CT molecular complexity index is 870. The first-order valence-electron chi connectivity index (χ1n) is 11.1. The molecule has 3 rings (SSSR count). The second-order valence-electron chi connectivity index (χ2n) is 8.30. The molecule has 0 atom stereocenters. The molecule has 1 amide bonds. The molecule has 166 valence electrons. The van der Waals surface area contributed by atoms with Crippen molar-refractivity contribution in [3.63, 3.8) is 0 Å². The number of benzene rings is 2. The van der Waals surface area contributed by atoms with Gasteiger partial charge in [0, 0.05) is 46.3 Å². The molecule has 6 heteroatoms. The molecule has 2 N–H and O–H groups in total. The quantitative estimate of drug-likeness (QED) is 0.508. The Morgan fingerprint density at radius 2 is 1.71 bits per heavy atom. The molecule has 0 radical (unpaired) electrons. The van der Waals surface area contributed by atoms with E-state index in [-0.39, 0.29) is 5.91 Å². The van der Waals surface area contributed by atoms with Gasteiger partial charge in [-0.2, -0.15) is 0 Å². The van der Waals surface area contributed by atoms with Gasteiger partial charge in [0.05, 0.1) is 0 Å². The standard InChI is InChI=1S/C25H35N5O/c1-26-25(27-14-13-20-7-6-8-23(17-20)24(31)29(2)3)28-18-21-9-11-22(12-10-21)19-30-15-4-5-16-30/h6-12,17H,4-5,13-16,18-19H2,1-3H3,(H2,26,27,28). The Labute approximate surface area is 186 Å². The number of guanidine groups is 1. The van der Waals surface area contributed by atoms with E-state index >= 15 is 0 Å². The molecule has 1 fully saturated rings. The van der Waals surface area contributed by atoms with Crippen LogP contribution in [0.2, 0.25) is 0 Å². The number of aliphatic imine (C=N–C) groups is 1. The topological polar surface area (TPSA) is 60.0 Å². The fourth-order valence-electron chi connectivity index (χ4n) is 3.81. The fourth-order valence-corrected chi connectivity index (χ4v) is 3.81.